The number of fused-ring (bicyclic) bond motifs is 1. The van der Waals surface area contributed by atoms with Gasteiger partial charge in [0.25, 0.3) is 5.91 Å². The number of nitrogens with zero attached hydrogens (tertiary/aromatic N) is 3. The van der Waals surface area contributed by atoms with Gasteiger partial charge in [-0.3, -0.25) is 4.79 Å². The summed E-state index contributed by atoms with van der Waals surface area (Å²) in [4.78, 5) is 21.0. The Morgan fingerprint density at radius 3 is 2.50 bits per heavy atom. The molecule has 3 aromatic heterocycles. The summed E-state index contributed by atoms with van der Waals surface area (Å²) in [7, 11) is 0. The molecule has 1 aromatic carbocycles. The van der Waals surface area contributed by atoms with Gasteiger partial charge in [-0.25, -0.2) is 9.97 Å². The van der Waals surface area contributed by atoms with Crippen LogP contribution < -0.4 is 11.1 Å². The van der Waals surface area contributed by atoms with E-state index in [1.807, 2.05) is 60.8 Å². The van der Waals surface area contributed by atoms with E-state index in [0.717, 1.165) is 16.9 Å². The Hall–Kier alpha value is -3.38. The molecule has 26 heavy (non-hydrogen) atoms. The fourth-order valence-corrected chi connectivity index (χ4v) is 2.58. The lowest BCUT2D eigenvalue weighted by atomic mass is 10.2. The molecule has 0 fully saturated rings. The van der Waals surface area contributed by atoms with Gasteiger partial charge < -0.3 is 15.5 Å². The SMILES string of the molecule is Cl.Nc1cccc(-c2ccc3nc(C(=O)Nc4ccccc4)cn3c2)n1. The highest BCUT2D eigenvalue weighted by Gasteiger charge is 2.12. The number of rotatable bonds is 3. The first-order chi connectivity index (χ1) is 12.2. The summed E-state index contributed by atoms with van der Waals surface area (Å²) >= 11 is 0. The van der Waals surface area contributed by atoms with Crippen molar-refractivity contribution in [3.63, 3.8) is 0 Å². The second-order valence-corrected chi connectivity index (χ2v) is 5.58. The van der Waals surface area contributed by atoms with Crippen LogP contribution in [-0.2, 0) is 0 Å². The second-order valence-electron chi connectivity index (χ2n) is 5.58. The Balaban J connectivity index is 0.00000196. The van der Waals surface area contributed by atoms with Crippen molar-refractivity contribution in [2.75, 3.05) is 11.1 Å². The normalized spacial score (nSPS) is 10.3. The number of para-hydroxylation sites is 1. The summed E-state index contributed by atoms with van der Waals surface area (Å²) in [6.45, 7) is 0. The van der Waals surface area contributed by atoms with Crippen LogP contribution in [0.25, 0.3) is 16.9 Å². The van der Waals surface area contributed by atoms with Crippen LogP contribution in [0.3, 0.4) is 0 Å². The van der Waals surface area contributed by atoms with E-state index in [1.165, 1.54) is 0 Å². The summed E-state index contributed by atoms with van der Waals surface area (Å²) in [5.41, 5.74) is 9.17. The zero-order valence-electron chi connectivity index (χ0n) is 13.7. The summed E-state index contributed by atoms with van der Waals surface area (Å²) < 4.78 is 1.81. The number of nitrogen functional groups attached to an aromatic ring is 1. The molecule has 0 aliphatic heterocycles. The Labute approximate surface area is 156 Å². The molecular formula is C19H16ClN5O. The van der Waals surface area contributed by atoms with Crippen molar-refractivity contribution in [2.45, 2.75) is 0 Å². The summed E-state index contributed by atoms with van der Waals surface area (Å²) in [5, 5.41) is 2.83. The van der Waals surface area contributed by atoms with Crippen LogP contribution >= 0.6 is 12.4 Å². The standard InChI is InChI=1S/C19H15N5O.ClH/c20-17-8-4-7-15(22-17)13-9-10-18-23-16(12-24(18)11-13)19(25)21-14-5-2-1-3-6-14;/h1-12H,(H2,20,22)(H,21,25);1H. The van der Waals surface area contributed by atoms with Crippen LogP contribution in [0, 0.1) is 0 Å². The van der Waals surface area contributed by atoms with E-state index in [1.54, 1.807) is 16.7 Å². The molecule has 4 rings (SSSR count). The average Bonchev–Trinajstić information content (AvgIpc) is 3.06. The number of carbonyl (C=O) groups is 1. The van der Waals surface area contributed by atoms with Gasteiger partial charge in [-0.15, -0.1) is 12.4 Å². The molecule has 0 spiro atoms. The predicted octanol–water partition coefficient (Wildman–Crippen LogP) is 3.65. The van der Waals surface area contributed by atoms with Gasteiger partial charge in [-0.05, 0) is 36.4 Å². The Morgan fingerprint density at radius 1 is 0.923 bits per heavy atom. The van der Waals surface area contributed by atoms with Crippen molar-refractivity contribution in [1.29, 1.82) is 0 Å². The van der Waals surface area contributed by atoms with E-state index >= 15 is 0 Å². The summed E-state index contributed by atoms with van der Waals surface area (Å²) in [6.07, 6.45) is 3.58. The fourth-order valence-electron chi connectivity index (χ4n) is 2.58. The molecule has 0 saturated carbocycles. The minimum atomic E-state index is -0.251. The molecule has 0 atom stereocenters. The van der Waals surface area contributed by atoms with Gasteiger partial charge in [0.05, 0.1) is 5.69 Å². The first-order valence-electron chi connectivity index (χ1n) is 7.77. The molecule has 3 N–H and O–H groups in total. The smallest absolute Gasteiger partial charge is 0.275 e. The lowest BCUT2D eigenvalue weighted by molar-refractivity contribution is 0.102. The lowest BCUT2D eigenvalue weighted by Gasteiger charge is -2.02. The van der Waals surface area contributed by atoms with Gasteiger partial charge in [-0.1, -0.05) is 24.3 Å². The number of nitrogens with one attached hydrogen (secondary N) is 1. The molecule has 0 aliphatic rings. The molecule has 0 radical (unpaired) electrons. The number of hydrogen-bond donors (Lipinski definition) is 2. The minimum Gasteiger partial charge on any atom is -0.384 e. The zero-order chi connectivity index (χ0) is 17.2. The number of amides is 1. The van der Waals surface area contributed by atoms with E-state index in [0.29, 0.717) is 17.2 Å². The number of halogens is 1. The molecule has 130 valence electrons. The third-order valence-electron chi connectivity index (χ3n) is 3.78. The van der Waals surface area contributed by atoms with Crippen LogP contribution in [0.5, 0.6) is 0 Å². The monoisotopic (exact) mass is 365 g/mol. The van der Waals surface area contributed by atoms with Crippen LogP contribution in [-0.4, -0.2) is 20.3 Å². The molecule has 0 aliphatic carbocycles. The van der Waals surface area contributed by atoms with Crippen molar-refractivity contribution >= 4 is 35.5 Å². The Bertz CT molecular complexity index is 1060. The lowest BCUT2D eigenvalue weighted by Crippen LogP contribution is -2.11. The largest absolute Gasteiger partial charge is 0.384 e. The highest BCUT2D eigenvalue weighted by molar-refractivity contribution is 6.03. The fraction of sp³-hybridized carbons (Fsp3) is 0. The summed E-state index contributed by atoms with van der Waals surface area (Å²) in [5.74, 6) is 0.213. The molecule has 0 unspecified atom stereocenters. The highest BCUT2D eigenvalue weighted by Crippen LogP contribution is 2.19. The van der Waals surface area contributed by atoms with Crippen LogP contribution in [0.15, 0.2) is 73.1 Å². The van der Waals surface area contributed by atoms with Crippen molar-refractivity contribution < 1.29 is 4.79 Å². The van der Waals surface area contributed by atoms with E-state index < -0.39 is 0 Å². The first-order valence-corrected chi connectivity index (χ1v) is 7.77. The molecule has 4 aromatic rings. The van der Waals surface area contributed by atoms with Crippen LogP contribution in [0.4, 0.5) is 11.5 Å². The number of anilines is 2. The quantitative estimate of drug-likeness (QED) is 0.580. The second kappa shape index (κ2) is 7.25. The van der Waals surface area contributed by atoms with Crippen molar-refractivity contribution in [3.8, 4) is 11.3 Å². The third-order valence-corrected chi connectivity index (χ3v) is 3.78. The zero-order valence-corrected chi connectivity index (χ0v) is 14.5. The highest BCUT2D eigenvalue weighted by atomic mass is 35.5. The number of nitrogens with two attached hydrogens (primary N) is 1. The number of hydrogen-bond acceptors (Lipinski definition) is 4. The molecule has 1 amide bonds. The van der Waals surface area contributed by atoms with Gasteiger partial charge >= 0.3 is 0 Å². The number of pyridine rings is 2. The van der Waals surface area contributed by atoms with Gasteiger partial charge in [0.2, 0.25) is 0 Å². The van der Waals surface area contributed by atoms with Gasteiger partial charge in [0.1, 0.15) is 17.2 Å². The third kappa shape index (κ3) is 3.50. The van der Waals surface area contributed by atoms with E-state index in [9.17, 15) is 4.79 Å². The van der Waals surface area contributed by atoms with Crippen molar-refractivity contribution in [2.24, 2.45) is 0 Å². The molecule has 0 bridgehead atoms. The predicted molar refractivity (Wildman–Crippen MR) is 104 cm³/mol. The van der Waals surface area contributed by atoms with Gasteiger partial charge in [0, 0.05) is 23.6 Å². The molecular weight excluding hydrogens is 350 g/mol. The van der Waals surface area contributed by atoms with E-state index in [4.69, 9.17) is 5.73 Å². The molecule has 0 saturated heterocycles. The Morgan fingerprint density at radius 2 is 1.73 bits per heavy atom. The van der Waals surface area contributed by atoms with E-state index in [-0.39, 0.29) is 18.3 Å². The first kappa shape index (κ1) is 17.4. The maximum absolute atomic E-state index is 12.4. The maximum atomic E-state index is 12.4. The topological polar surface area (TPSA) is 85.3 Å². The molecule has 3 heterocycles. The number of carbonyl (C=O) groups excluding carboxylic acids is 1. The van der Waals surface area contributed by atoms with Crippen molar-refractivity contribution in [1.82, 2.24) is 14.4 Å². The molecule has 7 heteroatoms. The number of aromatic nitrogens is 3. The number of imidazole rings is 1. The van der Waals surface area contributed by atoms with Crippen molar-refractivity contribution in [3.05, 3.63) is 78.8 Å². The number of benzene rings is 1. The Kier molecular flexibility index (Phi) is 4.86. The van der Waals surface area contributed by atoms with Crippen LogP contribution in [0.2, 0.25) is 0 Å². The van der Waals surface area contributed by atoms with E-state index in [2.05, 4.69) is 15.3 Å². The molecule has 6 nitrogen and oxygen atoms in total. The average molecular weight is 366 g/mol. The minimum absolute atomic E-state index is 0. The summed E-state index contributed by atoms with van der Waals surface area (Å²) in [6, 6.07) is 18.5. The maximum Gasteiger partial charge on any atom is 0.275 e. The van der Waals surface area contributed by atoms with Gasteiger partial charge in [0.15, 0.2) is 0 Å². The van der Waals surface area contributed by atoms with Crippen LogP contribution in [0.1, 0.15) is 10.5 Å². The van der Waals surface area contributed by atoms with Gasteiger partial charge in [-0.2, -0.15) is 0 Å².